The lowest BCUT2D eigenvalue weighted by Gasteiger charge is -2.13. The number of carbonyl (C=O) groups is 1. The molecule has 0 aliphatic rings. The number of hydrogen-bond acceptors (Lipinski definition) is 5. The molecule has 1 aromatic heterocycles. The van der Waals surface area contributed by atoms with E-state index >= 15 is 0 Å². The first-order valence-corrected chi connectivity index (χ1v) is 6.25. The molecule has 0 amide bonds. The predicted molar refractivity (Wildman–Crippen MR) is 72.2 cm³/mol. The van der Waals surface area contributed by atoms with Crippen LogP contribution in [0.3, 0.4) is 0 Å². The van der Waals surface area contributed by atoms with Crippen molar-refractivity contribution in [2.75, 3.05) is 7.11 Å². The molecule has 1 aromatic carbocycles. The normalized spacial score (nSPS) is 12.2. The Labute approximate surface area is 117 Å². The number of aryl methyl sites for hydroxylation is 2. The van der Waals surface area contributed by atoms with Gasteiger partial charge in [-0.05, 0) is 25.0 Å². The van der Waals surface area contributed by atoms with Crippen molar-refractivity contribution in [1.29, 1.82) is 0 Å². The van der Waals surface area contributed by atoms with Crippen LogP contribution in [0, 0.1) is 13.8 Å². The molecule has 6 heteroatoms. The Morgan fingerprint density at radius 3 is 2.85 bits per heavy atom. The van der Waals surface area contributed by atoms with E-state index in [0.717, 1.165) is 16.7 Å². The number of rotatable bonds is 4. The first-order chi connectivity index (χ1) is 9.51. The number of aliphatic hydroxyl groups excluding tert-OH is 1. The van der Waals surface area contributed by atoms with E-state index in [0.29, 0.717) is 0 Å². The van der Waals surface area contributed by atoms with Crippen molar-refractivity contribution in [2.24, 2.45) is 0 Å². The van der Waals surface area contributed by atoms with Gasteiger partial charge in [0.2, 0.25) is 0 Å². The highest BCUT2D eigenvalue weighted by atomic mass is 16.5. The van der Waals surface area contributed by atoms with Gasteiger partial charge in [0.25, 0.3) is 0 Å². The topological polar surface area (TPSA) is 77.2 Å². The molecule has 106 valence electrons. The minimum Gasteiger partial charge on any atom is -0.464 e. The number of benzene rings is 1. The van der Waals surface area contributed by atoms with Gasteiger partial charge in [-0.25, -0.2) is 9.48 Å². The third-order valence-electron chi connectivity index (χ3n) is 3.08. The molecule has 1 atom stereocenters. The summed E-state index contributed by atoms with van der Waals surface area (Å²) in [5.74, 6) is -0.544. The van der Waals surface area contributed by atoms with E-state index in [1.165, 1.54) is 18.0 Å². The lowest BCUT2D eigenvalue weighted by atomic mass is 10.0. The van der Waals surface area contributed by atoms with Gasteiger partial charge < -0.3 is 9.84 Å². The quantitative estimate of drug-likeness (QED) is 0.854. The molecule has 1 heterocycles. The van der Waals surface area contributed by atoms with Crippen LogP contribution in [-0.2, 0) is 11.3 Å². The van der Waals surface area contributed by atoms with Gasteiger partial charge in [0.1, 0.15) is 0 Å². The molecule has 1 unspecified atom stereocenters. The largest absolute Gasteiger partial charge is 0.464 e. The number of methoxy groups -OCH3 is 1. The number of esters is 1. The van der Waals surface area contributed by atoms with Crippen molar-refractivity contribution in [1.82, 2.24) is 15.0 Å². The summed E-state index contributed by atoms with van der Waals surface area (Å²) in [4.78, 5) is 11.3. The zero-order chi connectivity index (χ0) is 14.7. The summed E-state index contributed by atoms with van der Waals surface area (Å²) in [5.41, 5.74) is 3.13. The monoisotopic (exact) mass is 275 g/mol. The Morgan fingerprint density at radius 2 is 2.20 bits per heavy atom. The van der Waals surface area contributed by atoms with Crippen LogP contribution in [0.2, 0.25) is 0 Å². The average Bonchev–Trinajstić information content (AvgIpc) is 2.86. The molecule has 2 rings (SSSR count). The Morgan fingerprint density at radius 1 is 1.45 bits per heavy atom. The summed E-state index contributed by atoms with van der Waals surface area (Å²) < 4.78 is 5.98. The Hall–Kier alpha value is -2.21. The van der Waals surface area contributed by atoms with Crippen LogP contribution >= 0.6 is 0 Å². The molecule has 0 aliphatic heterocycles. The Balaban J connectivity index is 2.13. The molecule has 0 saturated carbocycles. The number of hydrogen-bond donors (Lipinski definition) is 1. The Kier molecular flexibility index (Phi) is 4.14. The van der Waals surface area contributed by atoms with Crippen molar-refractivity contribution >= 4 is 5.97 Å². The van der Waals surface area contributed by atoms with Crippen LogP contribution in [0.1, 0.15) is 33.3 Å². The van der Waals surface area contributed by atoms with Gasteiger partial charge in [0.05, 0.1) is 26.0 Å². The molecule has 20 heavy (non-hydrogen) atoms. The second kappa shape index (κ2) is 5.83. The summed E-state index contributed by atoms with van der Waals surface area (Å²) in [6.45, 7) is 4.18. The van der Waals surface area contributed by atoms with E-state index in [9.17, 15) is 9.90 Å². The molecule has 0 bridgehead atoms. The van der Waals surface area contributed by atoms with Crippen molar-refractivity contribution < 1.29 is 14.6 Å². The minimum absolute atomic E-state index is 0.125. The van der Waals surface area contributed by atoms with Crippen LogP contribution in [0.25, 0.3) is 0 Å². The van der Waals surface area contributed by atoms with Crippen LogP contribution < -0.4 is 0 Å². The fraction of sp³-hybridized carbons (Fsp3) is 0.357. The zero-order valence-electron chi connectivity index (χ0n) is 11.7. The summed E-state index contributed by atoms with van der Waals surface area (Å²) in [5, 5.41) is 17.7. The molecular weight excluding hydrogens is 258 g/mol. The summed E-state index contributed by atoms with van der Waals surface area (Å²) >= 11 is 0. The smallest absolute Gasteiger partial charge is 0.360 e. The van der Waals surface area contributed by atoms with E-state index in [2.05, 4.69) is 15.0 Å². The van der Waals surface area contributed by atoms with Crippen molar-refractivity contribution in [3.05, 3.63) is 46.8 Å². The maximum absolute atomic E-state index is 11.3. The third kappa shape index (κ3) is 3.03. The number of carbonyl (C=O) groups excluding carboxylic acids is 1. The number of aliphatic hydroxyl groups is 1. The zero-order valence-corrected chi connectivity index (χ0v) is 11.7. The lowest BCUT2D eigenvalue weighted by molar-refractivity contribution is 0.0593. The highest BCUT2D eigenvalue weighted by Crippen LogP contribution is 2.20. The first-order valence-electron chi connectivity index (χ1n) is 6.25. The second-order valence-corrected chi connectivity index (χ2v) is 4.69. The highest BCUT2D eigenvalue weighted by molar-refractivity contribution is 5.86. The van der Waals surface area contributed by atoms with E-state index < -0.39 is 12.1 Å². The van der Waals surface area contributed by atoms with Crippen molar-refractivity contribution in [3.8, 4) is 0 Å². The van der Waals surface area contributed by atoms with E-state index in [-0.39, 0.29) is 12.2 Å². The maximum atomic E-state index is 11.3. The van der Waals surface area contributed by atoms with Crippen LogP contribution in [0.4, 0.5) is 0 Å². The predicted octanol–water partition coefficient (Wildman–Crippen LogP) is 1.42. The average molecular weight is 275 g/mol. The van der Waals surface area contributed by atoms with Gasteiger partial charge in [0.15, 0.2) is 5.69 Å². The van der Waals surface area contributed by atoms with E-state index in [1.807, 2.05) is 32.0 Å². The fourth-order valence-corrected chi connectivity index (χ4v) is 2.06. The molecule has 6 nitrogen and oxygen atoms in total. The fourth-order valence-electron chi connectivity index (χ4n) is 2.06. The number of ether oxygens (including phenoxy) is 1. The molecular formula is C14H17N3O3. The molecule has 0 saturated heterocycles. The third-order valence-corrected chi connectivity index (χ3v) is 3.08. The van der Waals surface area contributed by atoms with Gasteiger partial charge in [-0.3, -0.25) is 0 Å². The highest BCUT2D eigenvalue weighted by Gasteiger charge is 2.15. The van der Waals surface area contributed by atoms with E-state index in [1.54, 1.807) is 0 Å². The molecule has 0 aliphatic carbocycles. The SMILES string of the molecule is COC(=O)c1cn(CC(O)c2ccc(C)cc2C)nn1. The molecule has 0 spiro atoms. The van der Waals surface area contributed by atoms with Gasteiger partial charge in [0, 0.05) is 0 Å². The van der Waals surface area contributed by atoms with Crippen LogP contribution in [0.15, 0.2) is 24.4 Å². The van der Waals surface area contributed by atoms with Crippen LogP contribution in [0.5, 0.6) is 0 Å². The summed E-state index contributed by atoms with van der Waals surface area (Å²) in [7, 11) is 1.28. The standard InChI is InChI=1S/C14H17N3O3/c1-9-4-5-11(10(2)6-9)13(18)8-17-7-12(15-16-17)14(19)20-3/h4-7,13,18H,8H2,1-3H3. The minimum atomic E-state index is -0.706. The summed E-state index contributed by atoms with van der Waals surface area (Å²) in [6.07, 6.45) is 0.751. The van der Waals surface area contributed by atoms with Crippen LogP contribution in [-0.4, -0.2) is 33.2 Å². The molecule has 0 radical (unpaired) electrons. The molecule has 0 fully saturated rings. The Bertz CT molecular complexity index is 622. The van der Waals surface area contributed by atoms with Gasteiger partial charge >= 0.3 is 5.97 Å². The van der Waals surface area contributed by atoms with Crippen molar-refractivity contribution in [3.63, 3.8) is 0 Å². The van der Waals surface area contributed by atoms with Crippen molar-refractivity contribution in [2.45, 2.75) is 26.5 Å². The molecule has 2 aromatic rings. The number of nitrogens with zero attached hydrogens (tertiary/aromatic N) is 3. The maximum Gasteiger partial charge on any atom is 0.360 e. The van der Waals surface area contributed by atoms with Gasteiger partial charge in [-0.2, -0.15) is 0 Å². The molecule has 1 N–H and O–H groups in total. The van der Waals surface area contributed by atoms with Gasteiger partial charge in [-0.15, -0.1) is 5.10 Å². The number of aromatic nitrogens is 3. The van der Waals surface area contributed by atoms with E-state index in [4.69, 9.17) is 0 Å². The second-order valence-electron chi connectivity index (χ2n) is 4.69. The summed E-state index contributed by atoms with van der Waals surface area (Å²) in [6, 6.07) is 5.86. The first kappa shape index (κ1) is 14.2. The van der Waals surface area contributed by atoms with Gasteiger partial charge in [-0.1, -0.05) is 29.0 Å². The lowest BCUT2D eigenvalue weighted by Crippen LogP contribution is -2.10.